The average Bonchev–Trinajstić information content (AvgIpc) is 2.20. The summed E-state index contributed by atoms with van der Waals surface area (Å²) in [6, 6.07) is 4.41. The van der Waals surface area contributed by atoms with E-state index >= 15 is 0 Å². The second-order valence-corrected chi connectivity index (χ2v) is 6.41. The lowest BCUT2D eigenvalue weighted by molar-refractivity contribution is 0.551. The van der Waals surface area contributed by atoms with E-state index in [-0.39, 0.29) is 9.92 Å². The summed E-state index contributed by atoms with van der Waals surface area (Å²) in [5.74, 6) is 0.439. The molecule has 17 heavy (non-hydrogen) atoms. The van der Waals surface area contributed by atoms with Crippen molar-refractivity contribution in [1.29, 1.82) is 0 Å². The molecule has 1 aromatic rings. The molecule has 0 amide bonds. The summed E-state index contributed by atoms with van der Waals surface area (Å²) in [5, 5.41) is 0.177. The first-order valence-corrected chi connectivity index (χ1v) is 7.23. The highest BCUT2D eigenvalue weighted by molar-refractivity contribution is 7.89. The molecule has 0 aliphatic rings. The van der Waals surface area contributed by atoms with Crippen LogP contribution in [0.2, 0.25) is 5.02 Å². The highest BCUT2D eigenvalue weighted by Crippen LogP contribution is 2.23. The van der Waals surface area contributed by atoms with Crippen LogP contribution in [-0.4, -0.2) is 15.0 Å². The van der Waals surface area contributed by atoms with Gasteiger partial charge >= 0.3 is 0 Å². The predicted octanol–water partition coefficient (Wildman–Crippen LogP) is 2.25. The molecule has 0 heterocycles. The third kappa shape index (κ3) is 4.18. The van der Waals surface area contributed by atoms with Crippen molar-refractivity contribution >= 4 is 27.3 Å². The highest BCUT2D eigenvalue weighted by Gasteiger charge is 2.17. The third-order valence-electron chi connectivity index (χ3n) is 2.26. The molecule has 0 aliphatic heterocycles. The van der Waals surface area contributed by atoms with Gasteiger partial charge < -0.3 is 5.73 Å². The number of anilines is 1. The van der Waals surface area contributed by atoms with Gasteiger partial charge in [0.25, 0.3) is 0 Å². The Bertz CT molecular complexity index is 486. The summed E-state index contributed by atoms with van der Waals surface area (Å²) in [4.78, 5) is 0.0305. The van der Waals surface area contributed by atoms with Gasteiger partial charge in [0.15, 0.2) is 0 Å². The second-order valence-electron chi connectivity index (χ2n) is 4.27. The maximum absolute atomic E-state index is 11.9. The van der Waals surface area contributed by atoms with Crippen LogP contribution in [-0.2, 0) is 10.0 Å². The van der Waals surface area contributed by atoms with Crippen molar-refractivity contribution in [2.24, 2.45) is 5.92 Å². The third-order valence-corrected chi connectivity index (χ3v) is 4.20. The number of rotatable bonds is 5. The van der Waals surface area contributed by atoms with Gasteiger partial charge in [0.05, 0.1) is 5.02 Å². The van der Waals surface area contributed by atoms with E-state index in [1.807, 2.05) is 13.8 Å². The molecule has 0 bridgehead atoms. The maximum atomic E-state index is 11.9. The first-order chi connectivity index (χ1) is 7.83. The molecular formula is C11H17ClN2O2S. The van der Waals surface area contributed by atoms with E-state index in [1.165, 1.54) is 12.1 Å². The van der Waals surface area contributed by atoms with Crippen molar-refractivity contribution in [3.8, 4) is 0 Å². The molecule has 1 aromatic carbocycles. The largest absolute Gasteiger partial charge is 0.399 e. The van der Waals surface area contributed by atoms with Gasteiger partial charge in [0.2, 0.25) is 10.0 Å². The second kappa shape index (κ2) is 5.71. The molecule has 0 atom stereocenters. The number of nitrogens with one attached hydrogen (secondary N) is 1. The number of hydrogen-bond acceptors (Lipinski definition) is 3. The zero-order valence-corrected chi connectivity index (χ0v) is 11.5. The summed E-state index contributed by atoms with van der Waals surface area (Å²) in [7, 11) is -3.57. The van der Waals surface area contributed by atoms with Crippen LogP contribution in [0.1, 0.15) is 20.3 Å². The monoisotopic (exact) mass is 276 g/mol. The van der Waals surface area contributed by atoms with Crippen LogP contribution in [0.25, 0.3) is 0 Å². The maximum Gasteiger partial charge on any atom is 0.242 e. The van der Waals surface area contributed by atoms with E-state index in [0.717, 1.165) is 6.42 Å². The van der Waals surface area contributed by atoms with E-state index in [1.54, 1.807) is 6.07 Å². The number of benzene rings is 1. The number of hydrogen-bond donors (Lipinski definition) is 2. The van der Waals surface area contributed by atoms with Crippen LogP contribution < -0.4 is 10.5 Å². The van der Waals surface area contributed by atoms with Crippen LogP contribution in [0.4, 0.5) is 5.69 Å². The first-order valence-electron chi connectivity index (χ1n) is 5.37. The lowest BCUT2D eigenvalue weighted by atomic mass is 10.1. The molecule has 6 heteroatoms. The fraction of sp³-hybridized carbons (Fsp3) is 0.455. The molecule has 0 saturated heterocycles. The van der Waals surface area contributed by atoms with Crippen LogP contribution >= 0.6 is 11.6 Å². The summed E-state index contributed by atoms with van der Waals surface area (Å²) in [6.07, 6.45) is 0.777. The normalized spacial score (nSPS) is 12.0. The molecule has 0 unspecified atom stereocenters. The van der Waals surface area contributed by atoms with Crippen molar-refractivity contribution in [1.82, 2.24) is 4.72 Å². The average molecular weight is 277 g/mol. The number of nitrogen functional groups attached to an aromatic ring is 1. The molecule has 0 fully saturated rings. The van der Waals surface area contributed by atoms with Crippen molar-refractivity contribution in [2.75, 3.05) is 12.3 Å². The molecule has 4 nitrogen and oxygen atoms in total. The smallest absolute Gasteiger partial charge is 0.242 e. The molecule has 3 N–H and O–H groups in total. The van der Waals surface area contributed by atoms with Crippen molar-refractivity contribution < 1.29 is 8.42 Å². The lowest BCUT2D eigenvalue weighted by Gasteiger charge is -2.10. The van der Waals surface area contributed by atoms with Crippen molar-refractivity contribution in [2.45, 2.75) is 25.2 Å². The Kier molecular flexibility index (Phi) is 4.80. The standard InChI is InChI=1S/C11H17ClN2O2S/c1-8(2)5-6-14-17(15,16)11-7-9(13)3-4-10(11)12/h3-4,7-8,14H,5-6,13H2,1-2H3. The van der Waals surface area contributed by atoms with E-state index < -0.39 is 10.0 Å². The van der Waals surface area contributed by atoms with Gasteiger partial charge in [0.1, 0.15) is 4.90 Å². The van der Waals surface area contributed by atoms with Gasteiger partial charge in [-0.3, -0.25) is 0 Å². The Balaban J connectivity index is 2.86. The van der Waals surface area contributed by atoms with Crippen LogP contribution in [0.15, 0.2) is 23.1 Å². The summed E-state index contributed by atoms with van der Waals surface area (Å²) < 4.78 is 26.4. The summed E-state index contributed by atoms with van der Waals surface area (Å²) in [6.45, 7) is 4.45. The summed E-state index contributed by atoms with van der Waals surface area (Å²) >= 11 is 5.85. The quantitative estimate of drug-likeness (QED) is 0.810. The zero-order chi connectivity index (χ0) is 13.1. The van der Waals surface area contributed by atoms with E-state index in [9.17, 15) is 8.42 Å². The summed E-state index contributed by atoms with van der Waals surface area (Å²) in [5.41, 5.74) is 5.92. The Labute approximate surface area is 107 Å². The molecule has 0 radical (unpaired) electrons. The van der Waals surface area contributed by atoms with Crippen LogP contribution in [0.5, 0.6) is 0 Å². The van der Waals surface area contributed by atoms with Crippen molar-refractivity contribution in [3.63, 3.8) is 0 Å². The van der Waals surface area contributed by atoms with Gasteiger partial charge in [0, 0.05) is 12.2 Å². The minimum absolute atomic E-state index is 0.0305. The molecule has 0 aliphatic carbocycles. The van der Waals surface area contributed by atoms with E-state index in [2.05, 4.69) is 4.72 Å². The highest BCUT2D eigenvalue weighted by atomic mass is 35.5. The predicted molar refractivity (Wildman–Crippen MR) is 70.5 cm³/mol. The topological polar surface area (TPSA) is 72.2 Å². The molecule has 0 saturated carbocycles. The first kappa shape index (κ1) is 14.3. The molecule has 96 valence electrons. The molecule has 0 spiro atoms. The van der Waals surface area contributed by atoms with Gasteiger partial charge in [-0.1, -0.05) is 25.4 Å². The van der Waals surface area contributed by atoms with Crippen LogP contribution in [0, 0.1) is 5.92 Å². The number of sulfonamides is 1. The Morgan fingerprint density at radius 3 is 2.65 bits per heavy atom. The zero-order valence-electron chi connectivity index (χ0n) is 9.90. The minimum Gasteiger partial charge on any atom is -0.399 e. The van der Waals surface area contributed by atoms with Gasteiger partial charge in [-0.2, -0.15) is 0 Å². The van der Waals surface area contributed by atoms with Gasteiger partial charge in [-0.05, 0) is 30.5 Å². The Morgan fingerprint density at radius 1 is 1.41 bits per heavy atom. The Morgan fingerprint density at radius 2 is 2.06 bits per heavy atom. The van der Waals surface area contributed by atoms with Crippen molar-refractivity contribution in [3.05, 3.63) is 23.2 Å². The fourth-order valence-electron chi connectivity index (χ4n) is 1.29. The molecule has 0 aromatic heterocycles. The lowest BCUT2D eigenvalue weighted by Crippen LogP contribution is -2.26. The van der Waals surface area contributed by atoms with E-state index in [4.69, 9.17) is 17.3 Å². The van der Waals surface area contributed by atoms with E-state index in [0.29, 0.717) is 18.2 Å². The molecule has 1 rings (SSSR count). The minimum atomic E-state index is -3.57. The van der Waals surface area contributed by atoms with Crippen LogP contribution in [0.3, 0.4) is 0 Å². The fourth-order valence-corrected chi connectivity index (χ4v) is 2.87. The Hall–Kier alpha value is -0.780. The number of halogens is 1. The molecular weight excluding hydrogens is 260 g/mol. The number of nitrogens with two attached hydrogens (primary N) is 1. The van der Waals surface area contributed by atoms with Gasteiger partial charge in [-0.15, -0.1) is 0 Å². The SMILES string of the molecule is CC(C)CCNS(=O)(=O)c1cc(N)ccc1Cl. The van der Waals surface area contributed by atoms with Gasteiger partial charge in [-0.25, -0.2) is 13.1 Å².